The maximum atomic E-state index is 9.43. The van der Waals surface area contributed by atoms with Crippen LogP contribution in [0.25, 0.3) is 10.8 Å². The van der Waals surface area contributed by atoms with E-state index < -0.39 is 0 Å². The van der Waals surface area contributed by atoms with Crippen LogP contribution < -0.4 is 0 Å². The van der Waals surface area contributed by atoms with Crippen molar-refractivity contribution in [1.29, 1.82) is 0 Å². The van der Waals surface area contributed by atoms with Crippen molar-refractivity contribution in [2.24, 2.45) is 0 Å². The lowest BCUT2D eigenvalue weighted by Gasteiger charge is -2.04. The summed E-state index contributed by atoms with van der Waals surface area (Å²) in [4.78, 5) is 0. The molecule has 0 spiro atoms. The monoisotopic (exact) mass is 174 g/mol. The number of hydrogen-bond donors (Lipinski definition) is 2. The molecule has 66 valence electrons. The van der Waals surface area contributed by atoms with Crippen LogP contribution >= 0.6 is 0 Å². The molecule has 0 radical (unpaired) electrons. The van der Waals surface area contributed by atoms with E-state index in [9.17, 15) is 10.2 Å². The number of fused-ring (bicyclic) bond motifs is 1. The summed E-state index contributed by atoms with van der Waals surface area (Å²) < 4.78 is 0. The zero-order chi connectivity index (χ0) is 9.42. The van der Waals surface area contributed by atoms with E-state index in [2.05, 4.69) is 0 Å². The summed E-state index contributed by atoms with van der Waals surface area (Å²) in [7, 11) is 0. The van der Waals surface area contributed by atoms with Crippen molar-refractivity contribution in [2.75, 3.05) is 0 Å². The highest BCUT2D eigenvalue weighted by Crippen LogP contribution is 2.28. The average molecular weight is 174 g/mol. The van der Waals surface area contributed by atoms with Gasteiger partial charge in [0.25, 0.3) is 0 Å². The molecule has 0 amide bonds. The summed E-state index contributed by atoms with van der Waals surface area (Å²) in [6, 6.07) is 8.62. The number of phenols is 2. The van der Waals surface area contributed by atoms with Gasteiger partial charge in [-0.05, 0) is 41.5 Å². The van der Waals surface area contributed by atoms with Gasteiger partial charge in [0, 0.05) is 0 Å². The van der Waals surface area contributed by atoms with Crippen LogP contribution in [0, 0.1) is 6.92 Å². The minimum absolute atomic E-state index is 0.223. The molecule has 2 rings (SSSR count). The molecule has 2 aromatic carbocycles. The van der Waals surface area contributed by atoms with Crippen molar-refractivity contribution in [3.05, 3.63) is 35.9 Å². The second-order valence-electron chi connectivity index (χ2n) is 3.12. The zero-order valence-electron chi connectivity index (χ0n) is 7.28. The first-order valence-electron chi connectivity index (χ1n) is 4.10. The Morgan fingerprint density at radius 2 is 1.69 bits per heavy atom. The van der Waals surface area contributed by atoms with Gasteiger partial charge < -0.3 is 10.2 Å². The van der Waals surface area contributed by atoms with E-state index >= 15 is 0 Å². The predicted octanol–water partition coefficient (Wildman–Crippen LogP) is 2.56. The molecule has 0 saturated carbocycles. The van der Waals surface area contributed by atoms with Gasteiger partial charge >= 0.3 is 0 Å². The van der Waals surface area contributed by atoms with Crippen LogP contribution in [0.5, 0.6) is 11.5 Å². The van der Waals surface area contributed by atoms with E-state index in [-0.39, 0.29) is 11.5 Å². The number of benzene rings is 2. The minimum atomic E-state index is 0.223. The smallest absolute Gasteiger partial charge is 0.119 e. The van der Waals surface area contributed by atoms with Crippen LogP contribution in [0.2, 0.25) is 0 Å². The average Bonchev–Trinajstić information content (AvgIpc) is 2.12. The first kappa shape index (κ1) is 7.92. The second-order valence-corrected chi connectivity index (χ2v) is 3.12. The van der Waals surface area contributed by atoms with E-state index in [1.165, 1.54) is 0 Å². The van der Waals surface area contributed by atoms with Gasteiger partial charge in [-0.1, -0.05) is 12.1 Å². The molecule has 0 aliphatic rings. The summed E-state index contributed by atoms with van der Waals surface area (Å²) in [5, 5.41) is 20.6. The highest BCUT2D eigenvalue weighted by molar-refractivity contribution is 5.88. The Balaban J connectivity index is 2.89. The number of aromatic hydroxyl groups is 2. The van der Waals surface area contributed by atoms with Crippen molar-refractivity contribution in [3.63, 3.8) is 0 Å². The van der Waals surface area contributed by atoms with Crippen LogP contribution in [0.4, 0.5) is 0 Å². The molecule has 2 heteroatoms. The topological polar surface area (TPSA) is 40.5 Å². The third-order valence-corrected chi connectivity index (χ3v) is 2.25. The SMILES string of the molecule is Cc1c(O)ccc2ccc(O)cc12. The number of aryl methyl sites for hydroxylation is 1. The highest BCUT2D eigenvalue weighted by Gasteiger charge is 2.02. The first-order valence-corrected chi connectivity index (χ1v) is 4.10. The first-order chi connectivity index (χ1) is 6.18. The van der Waals surface area contributed by atoms with Crippen molar-refractivity contribution in [1.82, 2.24) is 0 Å². The Morgan fingerprint density at radius 1 is 1.00 bits per heavy atom. The van der Waals surface area contributed by atoms with Gasteiger partial charge in [0.05, 0.1) is 0 Å². The lowest BCUT2D eigenvalue weighted by Crippen LogP contribution is -1.79. The molecule has 2 aromatic rings. The van der Waals surface area contributed by atoms with Crippen molar-refractivity contribution in [3.8, 4) is 11.5 Å². The van der Waals surface area contributed by atoms with Crippen molar-refractivity contribution < 1.29 is 10.2 Å². The molecule has 0 saturated heterocycles. The van der Waals surface area contributed by atoms with Gasteiger partial charge in [-0.3, -0.25) is 0 Å². The molecule has 2 N–H and O–H groups in total. The van der Waals surface area contributed by atoms with Gasteiger partial charge in [-0.15, -0.1) is 0 Å². The van der Waals surface area contributed by atoms with E-state index in [1.807, 2.05) is 19.1 Å². The lowest BCUT2D eigenvalue weighted by molar-refractivity contribution is 0.471. The summed E-state index contributed by atoms with van der Waals surface area (Å²) in [5.74, 6) is 0.485. The van der Waals surface area contributed by atoms with Gasteiger partial charge in [0.15, 0.2) is 0 Å². The number of hydrogen-bond acceptors (Lipinski definition) is 2. The molecule has 0 heterocycles. The Labute approximate surface area is 76.1 Å². The Hall–Kier alpha value is -1.70. The second kappa shape index (κ2) is 2.66. The van der Waals surface area contributed by atoms with E-state index in [0.29, 0.717) is 0 Å². The van der Waals surface area contributed by atoms with Gasteiger partial charge in [-0.2, -0.15) is 0 Å². The van der Waals surface area contributed by atoms with E-state index in [4.69, 9.17) is 0 Å². The molecular formula is C11H10O2. The van der Waals surface area contributed by atoms with Gasteiger partial charge in [-0.25, -0.2) is 0 Å². The molecule has 0 bridgehead atoms. The molecular weight excluding hydrogens is 164 g/mol. The number of phenolic OH excluding ortho intramolecular Hbond substituents is 2. The molecule has 0 fully saturated rings. The maximum absolute atomic E-state index is 9.43. The normalized spacial score (nSPS) is 10.5. The fraction of sp³-hybridized carbons (Fsp3) is 0.0909. The molecule has 13 heavy (non-hydrogen) atoms. The highest BCUT2D eigenvalue weighted by atomic mass is 16.3. The minimum Gasteiger partial charge on any atom is -0.508 e. The molecule has 0 aliphatic heterocycles. The lowest BCUT2D eigenvalue weighted by atomic mass is 10.0. The zero-order valence-corrected chi connectivity index (χ0v) is 7.28. The summed E-state index contributed by atoms with van der Waals surface area (Å²) in [5.41, 5.74) is 0.799. The summed E-state index contributed by atoms with van der Waals surface area (Å²) in [6.07, 6.45) is 0. The molecule has 2 nitrogen and oxygen atoms in total. The van der Waals surface area contributed by atoms with Crippen LogP contribution in [0.15, 0.2) is 30.3 Å². The Morgan fingerprint density at radius 3 is 2.46 bits per heavy atom. The van der Waals surface area contributed by atoms with Crippen molar-refractivity contribution in [2.45, 2.75) is 6.92 Å². The molecule has 0 aromatic heterocycles. The predicted molar refractivity (Wildman–Crippen MR) is 52.0 cm³/mol. The molecule has 0 aliphatic carbocycles. The van der Waals surface area contributed by atoms with Gasteiger partial charge in [0.1, 0.15) is 11.5 Å². The van der Waals surface area contributed by atoms with Crippen molar-refractivity contribution >= 4 is 10.8 Å². The largest absolute Gasteiger partial charge is 0.508 e. The molecule has 0 unspecified atom stereocenters. The van der Waals surface area contributed by atoms with Crippen LogP contribution in [0.1, 0.15) is 5.56 Å². The Kier molecular flexibility index (Phi) is 1.62. The standard InChI is InChI=1S/C11H10O2/c1-7-10-6-9(12)4-2-8(10)3-5-11(7)13/h2-6,12-13H,1H3. The Bertz CT molecular complexity index is 456. The summed E-state index contributed by atoms with van der Waals surface area (Å²) in [6.45, 7) is 1.83. The van der Waals surface area contributed by atoms with E-state index in [1.54, 1.807) is 18.2 Å². The third kappa shape index (κ3) is 1.20. The molecule has 0 atom stereocenters. The van der Waals surface area contributed by atoms with E-state index in [0.717, 1.165) is 16.3 Å². The third-order valence-electron chi connectivity index (χ3n) is 2.25. The van der Waals surface area contributed by atoms with Gasteiger partial charge in [0.2, 0.25) is 0 Å². The summed E-state index contributed by atoms with van der Waals surface area (Å²) >= 11 is 0. The maximum Gasteiger partial charge on any atom is 0.119 e. The quantitative estimate of drug-likeness (QED) is 0.644. The fourth-order valence-electron chi connectivity index (χ4n) is 1.45. The van der Waals surface area contributed by atoms with Crippen LogP contribution in [-0.2, 0) is 0 Å². The number of rotatable bonds is 0. The fourth-order valence-corrected chi connectivity index (χ4v) is 1.45. The van der Waals surface area contributed by atoms with Crippen LogP contribution in [0.3, 0.4) is 0 Å². The van der Waals surface area contributed by atoms with Crippen LogP contribution in [-0.4, -0.2) is 10.2 Å².